The highest BCUT2D eigenvalue weighted by Gasteiger charge is 2.30. The van der Waals surface area contributed by atoms with Crippen LogP contribution in [0, 0.1) is 5.41 Å². The molecule has 3 N–H and O–H groups in total. The quantitative estimate of drug-likeness (QED) is 0.886. The van der Waals surface area contributed by atoms with Crippen LogP contribution < -0.4 is 5.73 Å². The minimum atomic E-state index is -0.927. The van der Waals surface area contributed by atoms with Crippen LogP contribution in [0.4, 0.5) is 0 Å². The van der Waals surface area contributed by atoms with E-state index >= 15 is 0 Å². The van der Waals surface area contributed by atoms with Crippen molar-refractivity contribution in [2.75, 3.05) is 0 Å². The summed E-state index contributed by atoms with van der Waals surface area (Å²) in [6.45, 7) is 4.65. The van der Waals surface area contributed by atoms with Gasteiger partial charge in [0.1, 0.15) is 6.04 Å². The van der Waals surface area contributed by atoms with Crippen LogP contribution in [-0.4, -0.2) is 17.1 Å². The Labute approximate surface area is 121 Å². The molecule has 0 bridgehead atoms. The topological polar surface area (TPSA) is 63.3 Å². The molecule has 20 heavy (non-hydrogen) atoms. The molecule has 1 aliphatic carbocycles. The highest BCUT2D eigenvalue weighted by molar-refractivity contribution is 5.73. The van der Waals surface area contributed by atoms with Gasteiger partial charge in [-0.3, -0.25) is 4.79 Å². The molecule has 3 heteroatoms. The third-order valence-electron chi connectivity index (χ3n) is 4.46. The maximum atomic E-state index is 11.0. The third kappa shape index (κ3) is 3.60. The second-order valence-corrected chi connectivity index (χ2v) is 6.81. The lowest BCUT2D eigenvalue weighted by Gasteiger charge is -2.36. The first-order valence-electron chi connectivity index (χ1n) is 7.45. The third-order valence-corrected chi connectivity index (χ3v) is 4.46. The minimum Gasteiger partial charge on any atom is -0.480 e. The Morgan fingerprint density at radius 3 is 2.80 bits per heavy atom. The Balaban J connectivity index is 2.21. The zero-order valence-corrected chi connectivity index (χ0v) is 12.4. The standard InChI is InChI=1S/C17H25NO2/c1-17(2)9-5-7-13(11-17)14-8-4-3-6-12(14)10-15(18)16(19)20/h3-4,6,8,13,15H,5,7,9-11,18H2,1-2H3,(H,19,20). The second-order valence-electron chi connectivity index (χ2n) is 6.81. The van der Waals surface area contributed by atoms with Gasteiger partial charge >= 0.3 is 5.97 Å². The van der Waals surface area contributed by atoms with Crippen LogP contribution in [0.1, 0.15) is 56.6 Å². The van der Waals surface area contributed by atoms with Crippen molar-refractivity contribution in [2.24, 2.45) is 11.1 Å². The molecule has 1 fully saturated rings. The normalized spacial score (nSPS) is 23.2. The number of carboxylic acids is 1. The molecule has 0 amide bonds. The Morgan fingerprint density at radius 2 is 2.15 bits per heavy atom. The molecule has 2 unspecified atom stereocenters. The van der Waals surface area contributed by atoms with Crippen molar-refractivity contribution >= 4 is 5.97 Å². The van der Waals surface area contributed by atoms with Gasteiger partial charge < -0.3 is 10.8 Å². The van der Waals surface area contributed by atoms with E-state index < -0.39 is 12.0 Å². The van der Waals surface area contributed by atoms with Crippen molar-refractivity contribution in [2.45, 2.75) is 57.9 Å². The number of carbonyl (C=O) groups is 1. The molecule has 2 rings (SSSR count). The average molecular weight is 275 g/mol. The summed E-state index contributed by atoms with van der Waals surface area (Å²) >= 11 is 0. The van der Waals surface area contributed by atoms with E-state index in [4.69, 9.17) is 10.8 Å². The molecule has 2 atom stereocenters. The first-order chi connectivity index (χ1) is 9.39. The van der Waals surface area contributed by atoms with Gasteiger partial charge in [0.2, 0.25) is 0 Å². The summed E-state index contributed by atoms with van der Waals surface area (Å²) in [6, 6.07) is 7.39. The van der Waals surface area contributed by atoms with E-state index in [1.54, 1.807) is 0 Å². The van der Waals surface area contributed by atoms with E-state index in [0.717, 1.165) is 5.56 Å². The monoisotopic (exact) mass is 275 g/mol. The number of aliphatic carboxylic acids is 1. The summed E-state index contributed by atoms with van der Waals surface area (Å²) in [5, 5.41) is 9.00. The van der Waals surface area contributed by atoms with Crippen LogP contribution in [0.15, 0.2) is 24.3 Å². The lowest BCUT2D eigenvalue weighted by atomic mass is 9.69. The smallest absolute Gasteiger partial charge is 0.320 e. The molecular formula is C17H25NO2. The summed E-state index contributed by atoms with van der Waals surface area (Å²) < 4.78 is 0. The molecule has 1 aliphatic rings. The van der Waals surface area contributed by atoms with Crippen molar-refractivity contribution in [3.05, 3.63) is 35.4 Å². The van der Waals surface area contributed by atoms with Crippen LogP contribution in [-0.2, 0) is 11.2 Å². The number of hydrogen-bond donors (Lipinski definition) is 2. The molecule has 110 valence electrons. The van der Waals surface area contributed by atoms with Gasteiger partial charge in [0, 0.05) is 0 Å². The zero-order valence-electron chi connectivity index (χ0n) is 12.4. The zero-order chi connectivity index (χ0) is 14.8. The van der Waals surface area contributed by atoms with Gasteiger partial charge in [0.15, 0.2) is 0 Å². The molecule has 1 aromatic carbocycles. The van der Waals surface area contributed by atoms with Gasteiger partial charge in [-0.1, -0.05) is 44.5 Å². The van der Waals surface area contributed by atoms with E-state index in [1.807, 2.05) is 18.2 Å². The van der Waals surface area contributed by atoms with E-state index in [0.29, 0.717) is 17.8 Å². The summed E-state index contributed by atoms with van der Waals surface area (Å²) in [5.74, 6) is -0.389. The van der Waals surface area contributed by atoms with Crippen LogP contribution in [0.25, 0.3) is 0 Å². The lowest BCUT2D eigenvalue weighted by Crippen LogP contribution is -2.33. The molecule has 0 radical (unpaired) electrons. The van der Waals surface area contributed by atoms with Gasteiger partial charge in [-0.25, -0.2) is 0 Å². The van der Waals surface area contributed by atoms with E-state index in [2.05, 4.69) is 19.9 Å². The van der Waals surface area contributed by atoms with Crippen LogP contribution >= 0.6 is 0 Å². The minimum absolute atomic E-state index is 0.380. The second kappa shape index (κ2) is 5.96. The van der Waals surface area contributed by atoms with Gasteiger partial charge in [-0.15, -0.1) is 0 Å². The predicted octanol–water partition coefficient (Wildman–Crippen LogP) is 3.32. The molecular weight excluding hydrogens is 250 g/mol. The van der Waals surface area contributed by atoms with Crippen LogP contribution in [0.3, 0.4) is 0 Å². The predicted molar refractivity (Wildman–Crippen MR) is 80.7 cm³/mol. The highest BCUT2D eigenvalue weighted by atomic mass is 16.4. The van der Waals surface area contributed by atoms with Crippen molar-refractivity contribution in [3.8, 4) is 0 Å². The molecule has 3 nitrogen and oxygen atoms in total. The average Bonchev–Trinajstić information content (AvgIpc) is 2.38. The molecule has 0 aliphatic heterocycles. The maximum Gasteiger partial charge on any atom is 0.320 e. The number of carboxylic acid groups (broad SMARTS) is 1. The van der Waals surface area contributed by atoms with Crippen molar-refractivity contribution in [1.29, 1.82) is 0 Å². The highest BCUT2D eigenvalue weighted by Crippen LogP contribution is 2.44. The fourth-order valence-corrected chi connectivity index (χ4v) is 3.41. The number of rotatable bonds is 4. The molecule has 0 spiro atoms. The summed E-state index contributed by atoms with van der Waals surface area (Å²) in [5.41, 5.74) is 8.49. The summed E-state index contributed by atoms with van der Waals surface area (Å²) in [4.78, 5) is 11.0. The molecule has 1 saturated carbocycles. The first kappa shape index (κ1) is 15.0. The van der Waals surface area contributed by atoms with Crippen LogP contribution in [0.5, 0.6) is 0 Å². The summed E-state index contributed by atoms with van der Waals surface area (Å²) in [7, 11) is 0. The van der Waals surface area contributed by atoms with Gasteiger partial charge in [0.25, 0.3) is 0 Å². The first-order valence-corrected chi connectivity index (χ1v) is 7.45. The Morgan fingerprint density at radius 1 is 1.45 bits per heavy atom. The van der Waals surface area contributed by atoms with Crippen molar-refractivity contribution in [1.82, 2.24) is 0 Å². The lowest BCUT2D eigenvalue weighted by molar-refractivity contribution is -0.138. The molecule has 1 aromatic rings. The fraction of sp³-hybridized carbons (Fsp3) is 0.588. The molecule has 0 saturated heterocycles. The van der Waals surface area contributed by atoms with Crippen molar-refractivity contribution in [3.63, 3.8) is 0 Å². The fourth-order valence-electron chi connectivity index (χ4n) is 3.41. The molecule has 0 heterocycles. The number of nitrogens with two attached hydrogens (primary N) is 1. The van der Waals surface area contributed by atoms with Gasteiger partial charge in [-0.05, 0) is 48.1 Å². The van der Waals surface area contributed by atoms with E-state index in [1.165, 1.54) is 31.2 Å². The van der Waals surface area contributed by atoms with Gasteiger partial charge in [0.05, 0.1) is 0 Å². The number of hydrogen-bond acceptors (Lipinski definition) is 2. The summed E-state index contributed by atoms with van der Waals surface area (Å²) in [6.07, 6.45) is 5.31. The SMILES string of the molecule is CC1(C)CCCC(c2ccccc2CC(N)C(=O)O)C1. The largest absolute Gasteiger partial charge is 0.480 e. The van der Waals surface area contributed by atoms with E-state index in [-0.39, 0.29) is 0 Å². The van der Waals surface area contributed by atoms with E-state index in [9.17, 15) is 4.79 Å². The Bertz CT molecular complexity index is 482. The van der Waals surface area contributed by atoms with Crippen molar-refractivity contribution < 1.29 is 9.90 Å². The van der Waals surface area contributed by atoms with Crippen LogP contribution in [0.2, 0.25) is 0 Å². The maximum absolute atomic E-state index is 11.0. The Hall–Kier alpha value is -1.35. The molecule has 0 aromatic heterocycles. The Kier molecular flexibility index (Phi) is 4.48. The number of benzene rings is 1. The van der Waals surface area contributed by atoms with Gasteiger partial charge in [-0.2, -0.15) is 0 Å².